The second-order valence-electron chi connectivity index (χ2n) is 6.79. The number of nitrogens with zero attached hydrogens (tertiary/aromatic N) is 2. The van der Waals surface area contributed by atoms with Crippen LogP contribution < -0.4 is 15.6 Å². The van der Waals surface area contributed by atoms with Gasteiger partial charge in [0.2, 0.25) is 0 Å². The Bertz CT molecular complexity index is 690. The van der Waals surface area contributed by atoms with Crippen LogP contribution in [0.4, 0.5) is 0 Å². The summed E-state index contributed by atoms with van der Waals surface area (Å²) < 4.78 is 7.79. The molecule has 2 heterocycles. The Kier molecular flexibility index (Phi) is 6.48. The third-order valence-electron chi connectivity index (χ3n) is 3.99. The molecule has 0 unspecified atom stereocenters. The first-order chi connectivity index (χ1) is 11.1. The van der Waals surface area contributed by atoms with Gasteiger partial charge in [0.15, 0.2) is 0 Å². The molecule has 0 bridgehead atoms. The summed E-state index contributed by atoms with van der Waals surface area (Å²) >= 11 is 2.72. The molecule has 3 N–H and O–H groups in total. The second kappa shape index (κ2) is 7.83. The van der Waals surface area contributed by atoms with Crippen LogP contribution in [0.1, 0.15) is 18.2 Å². The summed E-state index contributed by atoms with van der Waals surface area (Å²) in [6.07, 6.45) is 3.97. The Balaban J connectivity index is 2.24. The first kappa shape index (κ1) is 19.9. The van der Waals surface area contributed by atoms with Crippen molar-refractivity contribution in [1.82, 2.24) is 14.9 Å². The summed E-state index contributed by atoms with van der Waals surface area (Å²) in [6.45, 7) is 3.37. The molecule has 1 aromatic rings. The van der Waals surface area contributed by atoms with Crippen molar-refractivity contribution in [3.63, 3.8) is 0 Å². The third-order valence-corrected chi connectivity index (χ3v) is 6.09. The van der Waals surface area contributed by atoms with Crippen LogP contribution in [0.2, 0.25) is 0 Å². The molecule has 1 fully saturated rings. The monoisotopic (exact) mass is 422 g/mol. The van der Waals surface area contributed by atoms with E-state index in [9.17, 15) is 15.0 Å². The Labute approximate surface area is 150 Å². The van der Waals surface area contributed by atoms with Crippen molar-refractivity contribution in [2.24, 2.45) is 0 Å². The van der Waals surface area contributed by atoms with E-state index in [0.717, 1.165) is 6.16 Å². The molecular formula is C15H25N3O4PSe. The zero-order valence-electron chi connectivity index (χ0n) is 14.2. The maximum atomic E-state index is 11.9. The fraction of sp³-hybridized carbons (Fsp3) is 0.667. The van der Waals surface area contributed by atoms with Gasteiger partial charge < -0.3 is 0 Å². The number of aliphatic hydroxyl groups is 2. The predicted molar refractivity (Wildman–Crippen MR) is 97.9 cm³/mol. The van der Waals surface area contributed by atoms with Gasteiger partial charge in [0.25, 0.3) is 0 Å². The molecule has 9 heteroatoms. The van der Waals surface area contributed by atoms with Crippen molar-refractivity contribution in [3.8, 4) is 0 Å². The molecule has 1 aliphatic rings. The van der Waals surface area contributed by atoms with Crippen LogP contribution in [0.15, 0.2) is 11.0 Å². The molecule has 1 saturated heterocycles. The normalized spacial score (nSPS) is 27.5. The molecule has 1 radical (unpaired) electrons. The van der Waals surface area contributed by atoms with Crippen molar-refractivity contribution in [1.29, 1.82) is 0 Å². The molecule has 1 aromatic heterocycles. The van der Waals surface area contributed by atoms with Crippen molar-refractivity contribution >= 4 is 33.9 Å². The van der Waals surface area contributed by atoms with E-state index in [1.807, 2.05) is 0 Å². The minimum absolute atomic E-state index is 0.321. The van der Waals surface area contributed by atoms with E-state index in [1.165, 1.54) is 0 Å². The molecule has 0 aliphatic carbocycles. The zero-order chi connectivity index (χ0) is 18.1. The van der Waals surface area contributed by atoms with Crippen LogP contribution in [-0.4, -0.2) is 86.9 Å². The third kappa shape index (κ3) is 4.58. The number of hydrogen-bond acceptors (Lipinski definition) is 6. The SMILES string of the molecule is C=P(C)(C)CC[C@H]1O[C@@H](n2cc(CNC)c(=O)nc2[Se])[C@H](O)[C@@H]1O. The summed E-state index contributed by atoms with van der Waals surface area (Å²) in [4.78, 5) is 15.8. The van der Waals surface area contributed by atoms with Gasteiger partial charge in [0.1, 0.15) is 0 Å². The van der Waals surface area contributed by atoms with Gasteiger partial charge in [-0.3, -0.25) is 0 Å². The molecule has 1 aliphatic heterocycles. The van der Waals surface area contributed by atoms with E-state index < -0.39 is 31.4 Å². The summed E-state index contributed by atoms with van der Waals surface area (Å²) in [5.41, 5.74) is 0.137. The van der Waals surface area contributed by atoms with Crippen LogP contribution in [0.25, 0.3) is 0 Å². The van der Waals surface area contributed by atoms with Gasteiger partial charge in [-0.1, -0.05) is 0 Å². The number of aromatic nitrogens is 2. The topological polar surface area (TPSA) is 96.6 Å². The van der Waals surface area contributed by atoms with E-state index in [2.05, 4.69) is 45.9 Å². The first-order valence-corrected chi connectivity index (χ1v) is 11.7. The van der Waals surface area contributed by atoms with Crippen molar-refractivity contribution < 1.29 is 14.9 Å². The van der Waals surface area contributed by atoms with Gasteiger partial charge in [-0.2, -0.15) is 0 Å². The number of nitrogens with one attached hydrogen (secondary N) is 1. The van der Waals surface area contributed by atoms with Gasteiger partial charge in [-0.05, 0) is 0 Å². The summed E-state index contributed by atoms with van der Waals surface area (Å²) in [5, 5.41) is 23.6. The standard InChI is InChI=1S/C15H25N3O4PSe/c1-16-7-9-8-18(15(24)17-13(9)21)14-12(20)11(19)10(22-14)5-6-23(2,3)4/h8,10-12,14,16,19-20H,2,5-7H2,1,3-4H3/t10-,11-,12-,14-/m1/s1. The van der Waals surface area contributed by atoms with Crippen LogP contribution in [0, 0.1) is 0 Å². The maximum absolute atomic E-state index is 11.9. The Morgan fingerprint density at radius 2 is 2.12 bits per heavy atom. The number of hydrogen-bond donors (Lipinski definition) is 3. The van der Waals surface area contributed by atoms with E-state index in [4.69, 9.17) is 4.74 Å². The van der Waals surface area contributed by atoms with E-state index in [1.54, 1.807) is 17.8 Å². The van der Waals surface area contributed by atoms with Crippen LogP contribution >= 0.6 is 6.89 Å². The first-order valence-electron chi connectivity index (χ1n) is 7.76. The van der Waals surface area contributed by atoms with Gasteiger partial charge >= 0.3 is 150 Å². The molecule has 0 amide bonds. The van der Waals surface area contributed by atoms with Gasteiger partial charge in [0, 0.05) is 0 Å². The molecule has 2 rings (SSSR count). The molecular weight excluding hydrogens is 396 g/mol. The van der Waals surface area contributed by atoms with Gasteiger partial charge in [-0.15, -0.1) is 0 Å². The van der Waals surface area contributed by atoms with E-state index in [-0.39, 0.29) is 5.56 Å². The van der Waals surface area contributed by atoms with Gasteiger partial charge in [0.05, 0.1) is 0 Å². The van der Waals surface area contributed by atoms with Crippen LogP contribution in [0.3, 0.4) is 0 Å². The van der Waals surface area contributed by atoms with Crippen molar-refractivity contribution in [3.05, 3.63) is 22.1 Å². The Hall–Kier alpha value is -0.461. The average molecular weight is 421 g/mol. The number of rotatable bonds is 6. The summed E-state index contributed by atoms with van der Waals surface area (Å²) in [6, 6.07) is 0. The summed E-state index contributed by atoms with van der Waals surface area (Å²) in [5.74, 6) is 0. The van der Waals surface area contributed by atoms with Crippen LogP contribution in [0.5, 0.6) is 0 Å². The number of aliphatic hydroxyl groups excluding tert-OH is 2. The van der Waals surface area contributed by atoms with Crippen LogP contribution in [-0.2, 0) is 11.3 Å². The molecule has 0 aromatic carbocycles. The fourth-order valence-corrected chi connectivity index (χ4v) is 4.12. The van der Waals surface area contributed by atoms with E-state index >= 15 is 0 Å². The average Bonchev–Trinajstić information content (AvgIpc) is 2.75. The zero-order valence-corrected chi connectivity index (χ0v) is 16.8. The van der Waals surface area contributed by atoms with Gasteiger partial charge in [-0.25, -0.2) is 0 Å². The van der Waals surface area contributed by atoms with E-state index in [0.29, 0.717) is 23.3 Å². The van der Waals surface area contributed by atoms with Crippen molar-refractivity contribution in [2.45, 2.75) is 37.5 Å². The molecule has 4 atom stereocenters. The molecule has 24 heavy (non-hydrogen) atoms. The Morgan fingerprint density at radius 1 is 1.46 bits per heavy atom. The quantitative estimate of drug-likeness (QED) is 0.381. The second-order valence-corrected chi connectivity index (χ2v) is 11.9. The molecule has 135 valence electrons. The minimum atomic E-state index is -1.24. The molecule has 0 saturated carbocycles. The van der Waals surface area contributed by atoms with Crippen molar-refractivity contribution in [2.75, 3.05) is 26.5 Å². The number of ether oxygens (including phenoxy) is 1. The molecule has 0 spiro atoms. The predicted octanol–water partition coefficient (Wildman–Crippen LogP) is -1.52. The summed E-state index contributed by atoms with van der Waals surface area (Å²) in [7, 11) is 1.74. The molecule has 7 nitrogen and oxygen atoms in total. The fourth-order valence-electron chi connectivity index (χ4n) is 2.66. The Morgan fingerprint density at radius 3 is 2.71 bits per heavy atom.